The minimum atomic E-state index is 0.741. The molecule has 3 atom stereocenters. The van der Waals surface area contributed by atoms with E-state index in [9.17, 15) is 0 Å². The number of hydrogen-bond donors (Lipinski definition) is 1. The zero-order valence-corrected chi connectivity index (χ0v) is 14.2. The predicted molar refractivity (Wildman–Crippen MR) is 89.0 cm³/mol. The molecule has 2 aliphatic rings. The lowest BCUT2D eigenvalue weighted by Gasteiger charge is -2.43. The SMILES string of the molecule is CC1CCCC(NC2CC(c3ccccc3Br)C2)C1C. The van der Waals surface area contributed by atoms with Gasteiger partial charge < -0.3 is 5.32 Å². The zero-order chi connectivity index (χ0) is 14.1. The van der Waals surface area contributed by atoms with Gasteiger partial charge in [0, 0.05) is 16.6 Å². The topological polar surface area (TPSA) is 12.0 Å². The van der Waals surface area contributed by atoms with Gasteiger partial charge in [-0.2, -0.15) is 0 Å². The Kier molecular flexibility index (Phi) is 4.52. The Morgan fingerprint density at radius 2 is 1.85 bits per heavy atom. The Hall–Kier alpha value is -0.340. The highest BCUT2D eigenvalue weighted by molar-refractivity contribution is 9.10. The van der Waals surface area contributed by atoms with Gasteiger partial charge in [-0.3, -0.25) is 0 Å². The fraction of sp³-hybridized carbons (Fsp3) is 0.667. The summed E-state index contributed by atoms with van der Waals surface area (Å²) in [4.78, 5) is 0. The number of benzene rings is 1. The van der Waals surface area contributed by atoms with E-state index in [4.69, 9.17) is 0 Å². The third-order valence-electron chi connectivity index (χ3n) is 5.64. The maximum absolute atomic E-state index is 3.94. The van der Waals surface area contributed by atoms with E-state index >= 15 is 0 Å². The van der Waals surface area contributed by atoms with E-state index in [0.29, 0.717) is 0 Å². The van der Waals surface area contributed by atoms with E-state index in [0.717, 1.165) is 29.8 Å². The number of rotatable bonds is 3. The van der Waals surface area contributed by atoms with Gasteiger partial charge in [0.25, 0.3) is 0 Å². The van der Waals surface area contributed by atoms with Crippen LogP contribution in [0.5, 0.6) is 0 Å². The van der Waals surface area contributed by atoms with Crippen LogP contribution in [0.15, 0.2) is 28.7 Å². The second-order valence-corrected chi connectivity index (χ2v) is 7.78. The number of hydrogen-bond acceptors (Lipinski definition) is 1. The molecule has 0 aliphatic heterocycles. The van der Waals surface area contributed by atoms with Crippen LogP contribution in [0, 0.1) is 11.8 Å². The van der Waals surface area contributed by atoms with Crippen molar-refractivity contribution in [3.05, 3.63) is 34.3 Å². The van der Waals surface area contributed by atoms with Gasteiger partial charge in [-0.15, -0.1) is 0 Å². The van der Waals surface area contributed by atoms with Crippen molar-refractivity contribution in [3.63, 3.8) is 0 Å². The molecule has 2 aliphatic carbocycles. The van der Waals surface area contributed by atoms with Gasteiger partial charge in [-0.25, -0.2) is 0 Å². The highest BCUT2D eigenvalue weighted by Gasteiger charge is 2.35. The fourth-order valence-electron chi connectivity index (χ4n) is 3.93. The highest BCUT2D eigenvalue weighted by Crippen LogP contribution is 2.41. The summed E-state index contributed by atoms with van der Waals surface area (Å²) in [6, 6.07) is 10.2. The molecule has 3 rings (SSSR count). The summed E-state index contributed by atoms with van der Waals surface area (Å²) in [5.41, 5.74) is 1.50. The molecule has 1 nitrogen and oxygen atoms in total. The van der Waals surface area contributed by atoms with Crippen LogP contribution < -0.4 is 5.32 Å². The van der Waals surface area contributed by atoms with Gasteiger partial charge in [0.05, 0.1) is 0 Å². The molecule has 2 fully saturated rings. The zero-order valence-electron chi connectivity index (χ0n) is 12.6. The Bertz CT molecular complexity index is 452. The molecule has 0 spiro atoms. The molecule has 2 heteroatoms. The lowest BCUT2D eigenvalue weighted by atomic mass is 9.73. The van der Waals surface area contributed by atoms with E-state index in [1.54, 1.807) is 0 Å². The molecule has 3 unspecified atom stereocenters. The summed E-state index contributed by atoms with van der Waals surface area (Å²) in [5.74, 6) is 2.48. The molecule has 1 aromatic carbocycles. The Morgan fingerprint density at radius 3 is 2.60 bits per heavy atom. The largest absolute Gasteiger partial charge is 0.311 e. The van der Waals surface area contributed by atoms with Gasteiger partial charge in [0.1, 0.15) is 0 Å². The molecule has 0 saturated heterocycles. The van der Waals surface area contributed by atoms with E-state index in [1.807, 2.05) is 0 Å². The predicted octanol–water partition coefficient (Wildman–Crippen LogP) is 5.11. The summed E-state index contributed by atoms with van der Waals surface area (Å²) >= 11 is 3.69. The lowest BCUT2D eigenvalue weighted by Crippen LogP contribution is -2.50. The molecule has 20 heavy (non-hydrogen) atoms. The molecule has 1 N–H and O–H groups in total. The third-order valence-corrected chi connectivity index (χ3v) is 6.36. The first-order chi connectivity index (χ1) is 9.65. The highest BCUT2D eigenvalue weighted by atomic mass is 79.9. The Labute approximate surface area is 131 Å². The average molecular weight is 336 g/mol. The van der Waals surface area contributed by atoms with Crippen LogP contribution >= 0.6 is 15.9 Å². The third kappa shape index (κ3) is 2.96. The molecule has 1 aromatic rings. The Balaban J connectivity index is 1.52. The van der Waals surface area contributed by atoms with E-state index in [2.05, 4.69) is 59.4 Å². The second kappa shape index (κ2) is 6.19. The van der Waals surface area contributed by atoms with Crippen molar-refractivity contribution in [2.45, 2.75) is 64.0 Å². The fourth-order valence-corrected chi connectivity index (χ4v) is 4.54. The van der Waals surface area contributed by atoms with Crippen molar-refractivity contribution >= 4 is 15.9 Å². The van der Waals surface area contributed by atoms with Crippen LogP contribution in [-0.4, -0.2) is 12.1 Å². The molecule has 0 amide bonds. The van der Waals surface area contributed by atoms with Crippen molar-refractivity contribution in [1.82, 2.24) is 5.32 Å². The van der Waals surface area contributed by atoms with E-state index in [1.165, 1.54) is 42.1 Å². The van der Waals surface area contributed by atoms with Crippen LogP contribution in [-0.2, 0) is 0 Å². The quantitative estimate of drug-likeness (QED) is 0.809. The van der Waals surface area contributed by atoms with Gasteiger partial charge >= 0.3 is 0 Å². The van der Waals surface area contributed by atoms with Gasteiger partial charge in [-0.05, 0) is 48.6 Å². The maximum Gasteiger partial charge on any atom is 0.0210 e. The summed E-state index contributed by atoms with van der Waals surface area (Å²) in [6.07, 6.45) is 6.81. The second-order valence-electron chi connectivity index (χ2n) is 6.93. The van der Waals surface area contributed by atoms with Crippen molar-refractivity contribution < 1.29 is 0 Å². The summed E-state index contributed by atoms with van der Waals surface area (Å²) in [5, 5.41) is 3.94. The van der Waals surface area contributed by atoms with E-state index in [-0.39, 0.29) is 0 Å². The molecule has 0 aromatic heterocycles. The first-order valence-electron chi connectivity index (χ1n) is 8.15. The van der Waals surface area contributed by atoms with Crippen LogP contribution in [0.3, 0.4) is 0 Å². The minimum Gasteiger partial charge on any atom is -0.311 e. The summed E-state index contributed by atoms with van der Waals surface area (Å²) in [6.45, 7) is 4.86. The number of halogens is 1. The smallest absolute Gasteiger partial charge is 0.0210 e. The van der Waals surface area contributed by atoms with Crippen molar-refractivity contribution in [2.24, 2.45) is 11.8 Å². The lowest BCUT2D eigenvalue weighted by molar-refractivity contribution is 0.162. The van der Waals surface area contributed by atoms with Gasteiger partial charge in [0.15, 0.2) is 0 Å². The van der Waals surface area contributed by atoms with Gasteiger partial charge in [0.2, 0.25) is 0 Å². The molecule has 0 radical (unpaired) electrons. The maximum atomic E-state index is 3.94. The molecular formula is C18H26BrN. The van der Waals surface area contributed by atoms with E-state index < -0.39 is 0 Å². The monoisotopic (exact) mass is 335 g/mol. The van der Waals surface area contributed by atoms with Gasteiger partial charge in [-0.1, -0.05) is 60.8 Å². The molecule has 0 heterocycles. The van der Waals surface area contributed by atoms with Crippen molar-refractivity contribution in [2.75, 3.05) is 0 Å². The normalized spacial score (nSPS) is 37.5. The number of nitrogens with one attached hydrogen (secondary N) is 1. The van der Waals surface area contributed by atoms with Crippen molar-refractivity contribution in [1.29, 1.82) is 0 Å². The molecule has 0 bridgehead atoms. The Morgan fingerprint density at radius 1 is 1.10 bits per heavy atom. The van der Waals surface area contributed by atoms with Crippen molar-refractivity contribution in [3.8, 4) is 0 Å². The first-order valence-corrected chi connectivity index (χ1v) is 8.95. The van der Waals surface area contributed by atoms with Crippen LogP contribution in [0.2, 0.25) is 0 Å². The van der Waals surface area contributed by atoms with Crippen LogP contribution in [0.25, 0.3) is 0 Å². The molecule has 110 valence electrons. The minimum absolute atomic E-state index is 0.741. The summed E-state index contributed by atoms with van der Waals surface area (Å²) in [7, 11) is 0. The van der Waals surface area contributed by atoms with Crippen LogP contribution in [0.4, 0.5) is 0 Å². The average Bonchev–Trinajstić information content (AvgIpc) is 2.39. The standard InChI is InChI=1S/C18H26BrN/c1-12-6-5-9-18(13(12)2)20-15-10-14(11-15)16-7-3-4-8-17(16)19/h3-4,7-8,12-15,18,20H,5-6,9-11H2,1-2H3. The molecule has 2 saturated carbocycles. The summed E-state index contributed by atoms with van der Waals surface area (Å²) < 4.78 is 1.28. The van der Waals surface area contributed by atoms with Crippen LogP contribution in [0.1, 0.15) is 57.4 Å². The molecular weight excluding hydrogens is 310 g/mol. The first kappa shape index (κ1) is 14.6.